The first-order valence-electron chi connectivity index (χ1n) is 21.8. The summed E-state index contributed by atoms with van der Waals surface area (Å²) in [7, 11) is 0. The van der Waals surface area contributed by atoms with Crippen molar-refractivity contribution in [2.45, 2.75) is 53.3 Å². The van der Waals surface area contributed by atoms with Gasteiger partial charge >= 0.3 is 55.1 Å². The fraction of sp³-hybridized carbons (Fsp3) is 0.176. The van der Waals surface area contributed by atoms with Crippen LogP contribution in [0.15, 0.2) is 146 Å². The molecule has 420 valence electrons. The SMILES string of the molecule is N#COc1ccc(C(c2ccc(Oc3nc(Oc4ccc(C(c5ccc(OC#N)cc5)(C(F)(F)F)C(F)(F)F)cc4)nc(Oc4ccc(C(c5ccc(OC#N)cc5)(C(F)(F)F)C(F)(F)F)cc4)n3)cc2)(C(F)(F)F)C(F)(F)F)cc1. The maximum absolute atomic E-state index is 14.9. The molecule has 1 aromatic heterocycles. The first-order valence-corrected chi connectivity index (χ1v) is 21.8. The van der Waals surface area contributed by atoms with Crippen molar-refractivity contribution < 1.29 is 107 Å². The first-order chi connectivity index (χ1) is 37.8. The van der Waals surface area contributed by atoms with E-state index in [1.54, 1.807) is 0 Å². The highest BCUT2D eigenvalue weighted by Gasteiger charge is 2.75. The summed E-state index contributed by atoms with van der Waals surface area (Å²) in [5, 5.41) is 26.2. The van der Waals surface area contributed by atoms with Gasteiger partial charge in [-0.3, -0.25) is 0 Å². The summed E-state index contributed by atoms with van der Waals surface area (Å²) in [6, 6.07) is 8.32. The molecule has 0 amide bonds. The molecule has 0 aliphatic rings. The van der Waals surface area contributed by atoms with Crippen molar-refractivity contribution in [3.8, 4) is 71.3 Å². The molecule has 1 heterocycles. The average Bonchev–Trinajstić information content (AvgIpc) is 3.04. The van der Waals surface area contributed by atoms with E-state index < -0.39 is 139 Å². The number of ether oxygens (including phenoxy) is 6. The average molecular weight is 1160 g/mol. The third kappa shape index (κ3) is 10.9. The van der Waals surface area contributed by atoms with Crippen molar-refractivity contribution >= 4 is 0 Å². The lowest BCUT2D eigenvalue weighted by Gasteiger charge is -2.38. The van der Waals surface area contributed by atoms with E-state index in [-0.39, 0.29) is 0 Å². The van der Waals surface area contributed by atoms with E-state index in [1.807, 2.05) is 0 Å². The molecule has 12 nitrogen and oxygen atoms in total. The number of nitriles is 3. The van der Waals surface area contributed by atoms with Gasteiger partial charge in [-0.25, -0.2) is 0 Å². The zero-order valence-electron chi connectivity index (χ0n) is 39.3. The molecule has 0 radical (unpaired) electrons. The second-order valence-electron chi connectivity index (χ2n) is 16.5. The Kier molecular flexibility index (Phi) is 15.7. The zero-order chi connectivity index (χ0) is 59.6. The standard InChI is InChI=1S/C51H24F18N6O6/c52-46(53,54)43(47(55,56)57,28-1-13-34(14-2-28)76-25-70)31-7-19-37(20-8-31)79-40-73-41(80-38-21-9-32(10-22-38)44(48(58,59)60,49(61,62)63)29-3-15-35(16-4-29)77-26-71)75-42(74-40)81-39-23-11-33(12-24-39)45(50(64,65)66,51(67,68)69)30-5-17-36(18-6-30)78-27-72/h1-24H. The minimum atomic E-state index is -6.13. The summed E-state index contributed by atoms with van der Waals surface area (Å²) >= 11 is 0. The van der Waals surface area contributed by atoms with Crippen molar-refractivity contribution in [3.05, 3.63) is 179 Å². The van der Waals surface area contributed by atoms with Gasteiger partial charge in [0.25, 0.3) is 18.8 Å². The molecule has 0 aliphatic carbocycles. The Morgan fingerprint density at radius 3 is 0.531 bits per heavy atom. The Morgan fingerprint density at radius 1 is 0.247 bits per heavy atom. The van der Waals surface area contributed by atoms with E-state index in [9.17, 15) is 79.0 Å². The van der Waals surface area contributed by atoms with Crippen LogP contribution in [0.4, 0.5) is 79.0 Å². The van der Waals surface area contributed by atoms with E-state index in [4.69, 9.17) is 30.0 Å². The molecular formula is C51H24F18N6O6. The second kappa shape index (κ2) is 21.5. The Hall–Kier alpha value is -9.66. The van der Waals surface area contributed by atoms with Gasteiger partial charge in [0.15, 0.2) is 0 Å². The summed E-state index contributed by atoms with van der Waals surface area (Å²) in [6.07, 6.45) is -33.2. The molecule has 0 fully saturated rings. The largest absolute Gasteiger partial charge is 0.424 e. The summed E-state index contributed by atoms with van der Waals surface area (Å²) in [6.45, 7) is 0. The van der Waals surface area contributed by atoms with Crippen LogP contribution in [0.3, 0.4) is 0 Å². The summed E-state index contributed by atoms with van der Waals surface area (Å²) in [4.78, 5) is 11.2. The molecule has 30 heteroatoms. The van der Waals surface area contributed by atoms with Crippen LogP contribution >= 0.6 is 0 Å². The number of hydrogen-bond donors (Lipinski definition) is 0. The van der Waals surface area contributed by atoms with Gasteiger partial charge in [0.05, 0.1) is 0 Å². The molecule has 7 aromatic rings. The molecule has 81 heavy (non-hydrogen) atoms. The molecule has 0 N–H and O–H groups in total. The number of rotatable bonds is 15. The number of halogens is 18. The highest BCUT2D eigenvalue weighted by atomic mass is 19.4. The molecule has 0 saturated carbocycles. The van der Waals surface area contributed by atoms with Crippen molar-refractivity contribution in [2.75, 3.05) is 0 Å². The van der Waals surface area contributed by atoms with E-state index in [1.165, 1.54) is 18.8 Å². The monoisotopic (exact) mass is 1160 g/mol. The number of benzene rings is 6. The molecular weight excluding hydrogens is 1130 g/mol. The van der Waals surface area contributed by atoms with E-state index in [0.29, 0.717) is 146 Å². The lowest BCUT2D eigenvalue weighted by molar-refractivity contribution is -0.290. The van der Waals surface area contributed by atoms with Crippen molar-refractivity contribution in [3.63, 3.8) is 0 Å². The number of aromatic nitrogens is 3. The van der Waals surface area contributed by atoms with Gasteiger partial charge in [-0.2, -0.15) is 79.0 Å². The normalized spacial score (nSPS) is 12.8. The number of alkyl halides is 18. The summed E-state index contributed by atoms with van der Waals surface area (Å²) in [5.74, 6) is -3.31. The summed E-state index contributed by atoms with van der Waals surface area (Å²) in [5.41, 5.74) is -22.9. The lowest BCUT2D eigenvalue weighted by Crippen LogP contribution is -2.54. The van der Waals surface area contributed by atoms with Gasteiger partial charge in [0.1, 0.15) is 34.5 Å². The van der Waals surface area contributed by atoms with Gasteiger partial charge in [-0.1, -0.05) is 72.8 Å². The fourth-order valence-electron chi connectivity index (χ4n) is 8.52. The second-order valence-corrected chi connectivity index (χ2v) is 16.5. The third-order valence-electron chi connectivity index (χ3n) is 12.0. The van der Waals surface area contributed by atoms with E-state index in [0.717, 1.165) is 0 Å². The van der Waals surface area contributed by atoms with Crippen LogP contribution in [0.1, 0.15) is 33.4 Å². The Morgan fingerprint density at radius 2 is 0.395 bits per heavy atom. The van der Waals surface area contributed by atoms with Crippen LogP contribution in [-0.2, 0) is 16.2 Å². The minimum Gasteiger partial charge on any atom is -0.424 e. The Labute approximate surface area is 441 Å². The van der Waals surface area contributed by atoms with Gasteiger partial charge in [0.2, 0.25) is 16.2 Å². The van der Waals surface area contributed by atoms with Crippen LogP contribution in [0.2, 0.25) is 0 Å². The first kappa shape index (κ1) is 59.0. The molecule has 0 saturated heterocycles. The smallest absolute Gasteiger partial charge is 0.411 e. The van der Waals surface area contributed by atoms with Crippen LogP contribution in [0.25, 0.3) is 0 Å². The quantitative estimate of drug-likeness (QED) is 0.0705. The van der Waals surface area contributed by atoms with Crippen LogP contribution in [0, 0.1) is 34.6 Å². The molecule has 7 rings (SSSR count). The Bertz CT molecular complexity index is 3050. The van der Waals surface area contributed by atoms with Crippen molar-refractivity contribution in [1.82, 2.24) is 15.0 Å². The summed E-state index contributed by atoms with van der Waals surface area (Å²) < 4.78 is 297. The van der Waals surface area contributed by atoms with E-state index >= 15 is 0 Å². The third-order valence-corrected chi connectivity index (χ3v) is 12.0. The van der Waals surface area contributed by atoms with Gasteiger partial charge in [-0.15, -0.1) is 30.7 Å². The topological polar surface area (TPSA) is 165 Å². The lowest BCUT2D eigenvalue weighted by atomic mass is 9.73. The molecule has 0 unspecified atom stereocenters. The van der Waals surface area contributed by atoms with E-state index in [2.05, 4.69) is 29.2 Å². The highest BCUT2D eigenvalue weighted by molar-refractivity contribution is 5.51. The van der Waals surface area contributed by atoms with Crippen LogP contribution < -0.4 is 28.4 Å². The highest BCUT2D eigenvalue weighted by Crippen LogP contribution is 2.59. The maximum atomic E-state index is 14.9. The molecule has 6 aromatic carbocycles. The van der Waals surface area contributed by atoms with Crippen molar-refractivity contribution in [1.29, 1.82) is 15.8 Å². The number of hydrogen-bond acceptors (Lipinski definition) is 12. The Balaban J connectivity index is 1.31. The zero-order valence-corrected chi connectivity index (χ0v) is 39.3. The molecule has 0 bridgehead atoms. The molecule has 0 aliphatic heterocycles. The van der Waals surface area contributed by atoms with Gasteiger partial charge in [0, 0.05) is 0 Å². The predicted octanol–water partition coefficient (Wildman–Crippen LogP) is 15.1. The van der Waals surface area contributed by atoms with Gasteiger partial charge < -0.3 is 28.4 Å². The molecule has 0 spiro atoms. The van der Waals surface area contributed by atoms with Crippen molar-refractivity contribution in [2.24, 2.45) is 0 Å². The van der Waals surface area contributed by atoms with Crippen LogP contribution in [0.5, 0.6) is 52.5 Å². The fourth-order valence-corrected chi connectivity index (χ4v) is 8.52. The minimum absolute atomic E-state index is 0.321. The predicted molar refractivity (Wildman–Crippen MR) is 236 cm³/mol. The van der Waals surface area contributed by atoms with Gasteiger partial charge in [-0.05, 0) is 106 Å². The maximum Gasteiger partial charge on any atom is 0.411 e. The molecule has 0 atom stereocenters. The number of nitrogens with zero attached hydrogens (tertiary/aromatic N) is 6. The van der Waals surface area contributed by atoms with Crippen LogP contribution in [-0.4, -0.2) is 52.0 Å².